The molecule has 5 nitrogen and oxygen atoms in total. The number of hydrogen-bond acceptors (Lipinski definition) is 2. The molecule has 0 atom stereocenters. The molecule has 1 fully saturated rings. The molecule has 1 aromatic heterocycles. The van der Waals surface area contributed by atoms with E-state index in [0.29, 0.717) is 5.41 Å². The number of aromatic nitrogens is 2. The van der Waals surface area contributed by atoms with Gasteiger partial charge in [0.25, 0.3) is 0 Å². The lowest BCUT2D eigenvalue weighted by molar-refractivity contribution is 0.370. The first-order chi connectivity index (χ1) is 12.1. The number of benzene rings is 1. The summed E-state index contributed by atoms with van der Waals surface area (Å²) in [4.78, 5) is 7.24. The first-order valence-corrected chi connectivity index (χ1v) is 9.20. The van der Waals surface area contributed by atoms with E-state index in [-0.39, 0.29) is 24.0 Å². The number of nitrogens with one attached hydrogen (secondary N) is 1. The minimum absolute atomic E-state index is 0. The van der Waals surface area contributed by atoms with E-state index in [9.17, 15) is 0 Å². The fourth-order valence-corrected chi connectivity index (χ4v) is 3.25. The molecule has 0 amide bonds. The third-order valence-electron chi connectivity index (χ3n) is 4.68. The van der Waals surface area contributed by atoms with E-state index < -0.39 is 0 Å². The molecule has 6 heteroatoms. The monoisotopic (exact) mass is 467 g/mol. The molecule has 0 aliphatic carbocycles. The van der Waals surface area contributed by atoms with Crippen LogP contribution < -0.4 is 5.32 Å². The maximum atomic E-state index is 4.84. The molecule has 1 N–H and O–H groups in total. The number of hydrogen-bond donors (Lipinski definition) is 1. The highest BCUT2D eigenvalue weighted by atomic mass is 127. The summed E-state index contributed by atoms with van der Waals surface area (Å²) in [7, 11) is 0. The van der Waals surface area contributed by atoms with Crippen LogP contribution in [0.15, 0.2) is 47.7 Å². The third kappa shape index (κ3) is 5.46. The van der Waals surface area contributed by atoms with E-state index in [1.165, 1.54) is 12.0 Å². The van der Waals surface area contributed by atoms with Gasteiger partial charge in [-0.2, -0.15) is 5.10 Å². The zero-order chi connectivity index (χ0) is 17.7. The average Bonchev–Trinajstić information content (AvgIpc) is 3.24. The SMILES string of the molecule is CCNC(=NCCc1ccc(-n2cccn2)cc1)N1CCC(C)(C)C1.I. The molecule has 0 bridgehead atoms. The van der Waals surface area contributed by atoms with Gasteiger partial charge < -0.3 is 10.2 Å². The highest BCUT2D eigenvalue weighted by Crippen LogP contribution is 2.28. The summed E-state index contributed by atoms with van der Waals surface area (Å²) in [5.41, 5.74) is 2.78. The zero-order valence-corrected chi connectivity index (χ0v) is 18.3. The predicted octanol–water partition coefficient (Wildman–Crippen LogP) is 3.73. The zero-order valence-electron chi connectivity index (χ0n) is 16.0. The number of nitrogens with zero attached hydrogens (tertiary/aromatic N) is 4. The molecular formula is C20H30IN5. The molecule has 2 aromatic rings. The second kappa shape index (κ2) is 9.39. The number of halogens is 1. The molecule has 1 aliphatic rings. The van der Waals surface area contributed by atoms with Crippen molar-refractivity contribution < 1.29 is 0 Å². The smallest absolute Gasteiger partial charge is 0.193 e. The van der Waals surface area contributed by atoms with Crippen molar-refractivity contribution in [1.29, 1.82) is 0 Å². The first kappa shape index (κ1) is 20.7. The largest absolute Gasteiger partial charge is 0.357 e. The Balaban J connectivity index is 0.00000243. The van der Waals surface area contributed by atoms with E-state index >= 15 is 0 Å². The predicted molar refractivity (Wildman–Crippen MR) is 119 cm³/mol. The maximum Gasteiger partial charge on any atom is 0.193 e. The van der Waals surface area contributed by atoms with Crippen molar-refractivity contribution in [3.63, 3.8) is 0 Å². The van der Waals surface area contributed by atoms with Crippen LogP contribution in [0.4, 0.5) is 0 Å². The van der Waals surface area contributed by atoms with E-state index in [0.717, 1.165) is 44.2 Å². The van der Waals surface area contributed by atoms with Crippen molar-refractivity contribution in [2.24, 2.45) is 10.4 Å². The lowest BCUT2D eigenvalue weighted by Crippen LogP contribution is -2.40. The number of likely N-dealkylation sites (tertiary alicyclic amines) is 1. The number of aliphatic imine (C=N–C) groups is 1. The van der Waals surface area contributed by atoms with Crippen LogP contribution in [-0.4, -0.2) is 46.8 Å². The van der Waals surface area contributed by atoms with Gasteiger partial charge in [0, 0.05) is 38.6 Å². The molecule has 0 spiro atoms. The molecule has 142 valence electrons. The standard InChI is InChI=1S/C20H29N5.HI/c1-4-21-19(24-15-11-20(2,3)16-24)22-13-10-17-6-8-18(9-7-17)25-14-5-12-23-25;/h5-9,12,14H,4,10-11,13,15-16H2,1-3H3,(H,21,22);1H. The lowest BCUT2D eigenvalue weighted by Gasteiger charge is -2.23. The molecule has 26 heavy (non-hydrogen) atoms. The summed E-state index contributed by atoms with van der Waals surface area (Å²) in [6, 6.07) is 10.5. The van der Waals surface area contributed by atoms with Gasteiger partial charge >= 0.3 is 0 Å². The molecule has 0 radical (unpaired) electrons. The van der Waals surface area contributed by atoms with Crippen molar-refractivity contribution in [1.82, 2.24) is 20.0 Å². The Labute approximate surface area is 173 Å². The summed E-state index contributed by atoms with van der Waals surface area (Å²) in [5.74, 6) is 1.06. The molecule has 1 aliphatic heterocycles. The topological polar surface area (TPSA) is 45.5 Å². The van der Waals surface area contributed by atoms with Gasteiger partial charge in [-0.1, -0.05) is 26.0 Å². The summed E-state index contributed by atoms with van der Waals surface area (Å²) < 4.78 is 1.88. The summed E-state index contributed by atoms with van der Waals surface area (Å²) in [6.45, 7) is 10.7. The van der Waals surface area contributed by atoms with Crippen LogP contribution in [0.5, 0.6) is 0 Å². The molecular weight excluding hydrogens is 437 g/mol. The first-order valence-electron chi connectivity index (χ1n) is 9.20. The molecule has 1 saturated heterocycles. The van der Waals surface area contributed by atoms with Gasteiger partial charge in [0.15, 0.2) is 5.96 Å². The van der Waals surface area contributed by atoms with Gasteiger partial charge in [-0.05, 0) is 48.9 Å². The van der Waals surface area contributed by atoms with Crippen molar-refractivity contribution in [3.05, 3.63) is 48.3 Å². The highest BCUT2D eigenvalue weighted by Gasteiger charge is 2.30. The van der Waals surface area contributed by atoms with Crippen LogP contribution in [0.2, 0.25) is 0 Å². The van der Waals surface area contributed by atoms with Crippen LogP contribution in [0, 0.1) is 5.41 Å². The van der Waals surface area contributed by atoms with Crippen molar-refractivity contribution in [3.8, 4) is 5.69 Å². The number of rotatable bonds is 5. The number of guanidine groups is 1. The van der Waals surface area contributed by atoms with Gasteiger partial charge in [-0.3, -0.25) is 4.99 Å². The Morgan fingerprint density at radius 2 is 2.04 bits per heavy atom. The van der Waals surface area contributed by atoms with Crippen LogP contribution in [0.1, 0.15) is 32.8 Å². The molecule has 2 heterocycles. The van der Waals surface area contributed by atoms with Gasteiger partial charge in [-0.25, -0.2) is 4.68 Å². The highest BCUT2D eigenvalue weighted by molar-refractivity contribution is 14.0. The average molecular weight is 467 g/mol. The minimum atomic E-state index is 0. The molecule has 0 unspecified atom stereocenters. The molecule has 3 rings (SSSR count). The van der Waals surface area contributed by atoms with E-state index in [1.54, 1.807) is 6.20 Å². The summed E-state index contributed by atoms with van der Waals surface area (Å²) in [6.07, 6.45) is 5.93. The van der Waals surface area contributed by atoms with E-state index in [2.05, 4.69) is 60.4 Å². The van der Waals surface area contributed by atoms with Crippen molar-refractivity contribution >= 4 is 29.9 Å². The minimum Gasteiger partial charge on any atom is -0.357 e. The Hall–Kier alpha value is -1.57. The van der Waals surface area contributed by atoms with Crippen molar-refractivity contribution in [2.75, 3.05) is 26.2 Å². The Kier molecular flexibility index (Phi) is 7.49. The normalized spacial score (nSPS) is 16.4. The lowest BCUT2D eigenvalue weighted by atomic mass is 9.93. The maximum absolute atomic E-state index is 4.84. The van der Waals surface area contributed by atoms with E-state index in [4.69, 9.17) is 4.99 Å². The van der Waals surface area contributed by atoms with Gasteiger partial charge in [-0.15, -0.1) is 24.0 Å². The third-order valence-corrected chi connectivity index (χ3v) is 4.68. The molecule has 1 aromatic carbocycles. The van der Waals surface area contributed by atoms with Crippen LogP contribution in [-0.2, 0) is 6.42 Å². The van der Waals surface area contributed by atoms with Crippen molar-refractivity contribution in [2.45, 2.75) is 33.6 Å². The van der Waals surface area contributed by atoms with Crippen LogP contribution in [0.25, 0.3) is 5.69 Å². The second-order valence-electron chi connectivity index (χ2n) is 7.44. The fourth-order valence-electron chi connectivity index (χ4n) is 3.25. The Bertz CT molecular complexity index is 692. The van der Waals surface area contributed by atoms with Gasteiger partial charge in [0.1, 0.15) is 0 Å². The summed E-state index contributed by atoms with van der Waals surface area (Å²) in [5, 5.41) is 7.70. The van der Waals surface area contributed by atoms with Crippen LogP contribution >= 0.6 is 24.0 Å². The molecule has 0 saturated carbocycles. The second-order valence-corrected chi connectivity index (χ2v) is 7.44. The van der Waals surface area contributed by atoms with Gasteiger partial charge in [0.05, 0.1) is 5.69 Å². The van der Waals surface area contributed by atoms with Gasteiger partial charge in [0.2, 0.25) is 0 Å². The Morgan fingerprint density at radius 3 is 2.62 bits per heavy atom. The Morgan fingerprint density at radius 1 is 1.27 bits per heavy atom. The van der Waals surface area contributed by atoms with E-state index in [1.807, 2.05) is 16.9 Å². The van der Waals surface area contributed by atoms with Crippen LogP contribution in [0.3, 0.4) is 0 Å². The quantitative estimate of drug-likeness (QED) is 0.414. The summed E-state index contributed by atoms with van der Waals surface area (Å²) >= 11 is 0. The fraction of sp³-hybridized carbons (Fsp3) is 0.500.